The Morgan fingerprint density at radius 1 is 1.57 bits per heavy atom. The molecule has 0 aromatic heterocycles. The summed E-state index contributed by atoms with van der Waals surface area (Å²) in [5.41, 5.74) is 1.05. The topological polar surface area (TPSA) is 59.0 Å². The molecule has 1 fully saturated rings. The lowest BCUT2D eigenvalue weighted by molar-refractivity contribution is -0.147. The molecule has 1 N–H and O–H groups in total. The first-order valence-electron chi connectivity index (χ1n) is 6.60. The van der Waals surface area contributed by atoms with E-state index in [0.29, 0.717) is 37.7 Å². The van der Waals surface area contributed by atoms with Crippen LogP contribution >= 0.6 is 15.9 Å². The van der Waals surface area contributed by atoms with E-state index in [0.717, 1.165) is 10.0 Å². The fourth-order valence-corrected chi connectivity index (χ4v) is 2.86. The quantitative estimate of drug-likeness (QED) is 0.761. The van der Waals surface area contributed by atoms with E-state index in [1.54, 1.807) is 13.2 Å². The van der Waals surface area contributed by atoms with Crippen molar-refractivity contribution < 1.29 is 19.4 Å². The molecule has 0 saturated carbocycles. The van der Waals surface area contributed by atoms with Gasteiger partial charge in [-0.25, -0.2) is 0 Å². The molecule has 0 unspecified atom stereocenters. The zero-order valence-electron chi connectivity index (χ0n) is 11.8. The lowest BCUT2D eigenvalue weighted by Gasteiger charge is -2.36. The Balaban J connectivity index is 2.06. The highest BCUT2D eigenvalue weighted by Crippen LogP contribution is 2.37. The number of benzene rings is 1. The van der Waals surface area contributed by atoms with Crippen LogP contribution in [-0.4, -0.2) is 42.8 Å². The lowest BCUT2D eigenvalue weighted by Crippen LogP contribution is -2.49. The van der Waals surface area contributed by atoms with Crippen LogP contribution in [0, 0.1) is 5.92 Å². The molecule has 2 rings (SSSR count). The summed E-state index contributed by atoms with van der Waals surface area (Å²) in [6.07, 6.45) is 1.67. The van der Waals surface area contributed by atoms with Crippen molar-refractivity contribution in [3.05, 3.63) is 34.8 Å². The predicted octanol–water partition coefficient (Wildman–Crippen LogP) is 2.54. The van der Waals surface area contributed by atoms with E-state index in [2.05, 4.69) is 27.4 Å². The number of hydrogen-bond donors (Lipinski definition) is 1. The molecule has 21 heavy (non-hydrogen) atoms. The minimum atomic E-state index is -0.724. The number of carboxylic acids is 1. The largest absolute Gasteiger partial charge is 0.493 e. The van der Waals surface area contributed by atoms with Crippen LogP contribution in [0.3, 0.4) is 0 Å². The third-order valence-corrected chi connectivity index (χ3v) is 3.94. The molecule has 0 atom stereocenters. The third kappa shape index (κ3) is 3.77. The smallest absolute Gasteiger partial charge is 0.309 e. The Bertz CT molecular complexity index is 541. The molecular formula is C15H18BrNO4. The molecule has 1 aliphatic rings. The Kier molecular flexibility index (Phi) is 5.25. The van der Waals surface area contributed by atoms with E-state index in [4.69, 9.17) is 14.6 Å². The summed E-state index contributed by atoms with van der Waals surface area (Å²) >= 11 is 3.48. The van der Waals surface area contributed by atoms with Gasteiger partial charge in [-0.3, -0.25) is 9.69 Å². The van der Waals surface area contributed by atoms with Crippen LogP contribution in [0.2, 0.25) is 0 Å². The van der Waals surface area contributed by atoms with Gasteiger partial charge in [0.15, 0.2) is 11.5 Å². The van der Waals surface area contributed by atoms with E-state index >= 15 is 0 Å². The zero-order valence-corrected chi connectivity index (χ0v) is 13.4. The minimum absolute atomic E-state index is 0.245. The van der Waals surface area contributed by atoms with Crippen molar-refractivity contribution in [3.8, 4) is 11.5 Å². The number of carboxylic acid groups (broad SMARTS) is 1. The molecule has 5 nitrogen and oxygen atoms in total. The summed E-state index contributed by atoms with van der Waals surface area (Å²) < 4.78 is 11.7. The molecule has 114 valence electrons. The van der Waals surface area contributed by atoms with Crippen LogP contribution < -0.4 is 9.47 Å². The number of methoxy groups -OCH3 is 1. The van der Waals surface area contributed by atoms with Crippen LogP contribution in [0.1, 0.15) is 5.56 Å². The maximum Gasteiger partial charge on any atom is 0.309 e. The summed E-state index contributed by atoms with van der Waals surface area (Å²) in [5.74, 6) is 0.327. The van der Waals surface area contributed by atoms with E-state index < -0.39 is 5.97 Å². The van der Waals surface area contributed by atoms with Gasteiger partial charge < -0.3 is 14.6 Å². The van der Waals surface area contributed by atoms with E-state index in [9.17, 15) is 4.79 Å². The molecule has 1 aromatic rings. The molecule has 6 heteroatoms. The van der Waals surface area contributed by atoms with Crippen molar-refractivity contribution in [2.75, 3.05) is 26.8 Å². The second-order valence-electron chi connectivity index (χ2n) is 4.94. The van der Waals surface area contributed by atoms with Crippen molar-refractivity contribution in [2.24, 2.45) is 5.92 Å². The highest BCUT2D eigenvalue weighted by atomic mass is 79.9. The average Bonchev–Trinajstić information content (AvgIpc) is 2.40. The molecular weight excluding hydrogens is 338 g/mol. The van der Waals surface area contributed by atoms with Crippen LogP contribution in [0.4, 0.5) is 0 Å². The van der Waals surface area contributed by atoms with Gasteiger partial charge in [-0.05, 0) is 33.6 Å². The number of nitrogens with zero attached hydrogens (tertiary/aromatic N) is 1. The number of ether oxygens (including phenoxy) is 2. The fourth-order valence-electron chi connectivity index (χ4n) is 2.26. The summed E-state index contributed by atoms with van der Waals surface area (Å²) in [5, 5.41) is 8.88. The summed E-state index contributed by atoms with van der Waals surface area (Å²) in [4.78, 5) is 12.9. The highest BCUT2D eigenvalue weighted by molar-refractivity contribution is 9.10. The number of likely N-dealkylation sites (tertiary alicyclic amines) is 1. The minimum Gasteiger partial charge on any atom is -0.493 e. The number of aliphatic carboxylic acids is 1. The number of carbonyl (C=O) groups is 1. The molecule has 0 bridgehead atoms. The van der Waals surface area contributed by atoms with Crippen LogP contribution in [0.15, 0.2) is 29.3 Å². The second-order valence-corrected chi connectivity index (χ2v) is 5.79. The van der Waals surface area contributed by atoms with Crippen LogP contribution in [0.5, 0.6) is 11.5 Å². The van der Waals surface area contributed by atoms with E-state index in [1.807, 2.05) is 12.1 Å². The summed E-state index contributed by atoms with van der Waals surface area (Å²) in [7, 11) is 1.59. The van der Waals surface area contributed by atoms with Crippen molar-refractivity contribution in [3.63, 3.8) is 0 Å². The Labute approximate surface area is 132 Å². The second kappa shape index (κ2) is 6.95. The molecule has 0 aliphatic carbocycles. The summed E-state index contributed by atoms with van der Waals surface area (Å²) in [6, 6.07) is 3.88. The Hall–Kier alpha value is -1.53. The van der Waals surface area contributed by atoms with Gasteiger partial charge in [0.25, 0.3) is 0 Å². The van der Waals surface area contributed by atoms with E-state index in [1.165, 1.54) is 0 Å². The van der Waals surface area contributed by atoms with Gasteiger partial charge in [-0.2, -0.15) is 0 Å². The van der Waals surface area contributed by atoms with Crippen molar-refractivity contribution in [2.45, 2.75) is 6.54 Å². The predicted molar refractivity (Wildman–Crippen MR) is 82.8 cm³/mol. The molecule has 0 radical (unpaired) electrons. The van der Waals surface area contributed by atoms with Crippen molar-refractivity contribution in [1.29, 1.82) is 0 Å². The molecule has 0 spiro atoms. The Morgan fingerprint density at radius 2 is 2.29 bits per heavy atom. The first-order chi connectivity index (χ1) is 10.0. The van der Waals surface area contributed by atoms with Gasteiger partial charge in [0.2, 0.25) is 0 Å². The number of rotatable bonds is 7. The zero-order chi connectivity index (χ0) is 15.4. The van der Waals surface area contributed by atoms with Gasteiger partial charge in [0, 0.05) is 19.6 Å². The highest BCUT2D eigenvalue weighted by Gasteiger charge is 2.32. The van der Waals surface area contributed by atoms with Crippen LogP contribution in [0.25, 0.3) is 0 Å². The molecule has 1 aliphatic heterocycles. The maximum atomic E-state index is 10.8. The van der Waals surface area contributed by atoms with E-state index in [-0.39, 0.29) is 5.92 Å². The SMILES string of the molecule is C=CCOc1c(Br)cc(CN2CC(C(=O)O)C2)cc1OC. The monoisotopic (exact) mass is 355 g/mol. The number of hydrogen-bond acceptors (Lipinski definition) is 4. The number of halogens is 1. The Morgan fingerprint density at radius 3 is 2.86 bits per heavy atom. The van der Waals surface area contributed by atoms with Gasteiger partial charge >= 0.3 is 5.97 Å². The third-order valence-electron chi connectivity index (χ3n) is 3.35. The normalized spacial score (nSPS) is 15.3. The molecule has 0 amide bonds. The van der Waals surface area contributed by atoms with Crippen molar-refractivity contribution in [1.82, 2.24) is 4.90 Å². The first kappa shape index (κ1) is 15.9. The van der Waals surface area contributed by atoms with Gasteiger partial charge in [0.1, 0.15) is 6.61 Å². The fraction of sp³-hybridized carbons (Fsp3) is 0.400. The molecule has 1 saturated heterocycles. The lowest BCUT2D eigenvalue weighted by atomic mass is 9.99. The average molecular weight is 356 g/mol. The van der Waals surface area contributed by atoms with Gasteiger partial charge in [-0.1, -0.05) is 12.7 Å². The first-order valence-corrected chi connectivity index (χ1v) is 7.39. The van der Waals surface area contributed by atoms with Crippen LogP contribution in [-0.2, 0) is 11.3 Å². The maximum absolute atomic E-state index is 10.8. The van der Waals surface area contributed by atoms with Gasteiger partial charge in [0.05, 0.1) is 17.5 Å². The summed E-state index contributed by atoms with van der Waals surface area (Å²) in [6.45, 7) is 5.90. The molecule has 1 heterocycles. The molecule has 1 aromatic carbocycles. The van der Waals surface area contributed by atoms with Crippen molar-refractivity contribution >= 4 is 21.9 Å². The standard InChI is InChI=1S/C15H18BrNO4/c1-3-4-21-14-12(16)5-10(6-13(14)20-2)7-17-8-11(9-17)15(18)19/h3,5-6,11H,1,4,7-9H2,2H3,(H,18,19). The van der Waals surface area contributed by atoms with Gasteiger partial charge in [-0.15, -0.1) is 0 Å².